The third kappa shape index (κ3) is 3.68. The highest BCUT2D eigenvalue weighted by atomic mass is 32.2. The first-order chi connectivity index (χ1) is 9.65. The topological polar surface area (TPSA) is 41.5 Å². The third-order valence-electron chi connectivity index (χ3n) is 4.07. The van der Waals surface area contributed by atoms with Gasteiger partial charge in [-0.05, 0) is 38.2 Å². The number of ether oxygens (including phenoxy) is 1. The molecule has 1 aliphatic carbocycles. The van der Waals surface area contributed by atoms with E-state index in [0.29, 0.717) is 17.8 Å². The molecule has 1 aromatic carbocycles. The molecule has 0 aliphatic heterocycles. The molecule has 2 rings (SSSR count). The van der Waals surface area contributed by atoms with Gasteiger partial charge in [0.2, 0.25) is 0 Å². The predicted octanol–water partition coefficient (Wildman–Crippen LogP) is 2.91. The maximum atomic E-state index is 10.4. The van der Waals surface area contributed by atoms with Crippen molar-refractivity contribution in [3.63, 3.8) is 0 Å². The molecule has 0 saturated heterocycles. The molecular weight excluding hydrogens is 270 g/mol. The van der Waals surface area contributed by atoms with Gasteiger partial charge in [0.15, 0.2) is 0 Å². The second-order valence-corrected chi connectivity index (χ2v) is 6.56. The van der Waals surface area contributed by atoms with E-state index in [1.807, 2.05) is 36.9 Å². The van der Waals surface area contributed by atoms with Crippen molar-refractivity contribution in [2.75, 3.05) is 19.9 Å². The van der Waals surface area contributed by atoms with Gasteiger partial charge in [0.1, 0.15) is 5.75 Å². The van der Waals surface area contributed by atoms with Crippen LogP contribution in [0.15, 0.2) is 18.2 Å². The van der Waals surface area contributed by atoms with Crippen LogP contribution in [0.25, 0.3) is 0 Å². The van der Waals surface area contributed by atoms with Crippen LogP contribution in [0.1, 0.15) is 36.5 Å². The molecule has 20 heavy (non-hydrogen) atoms. The molecule has 0 heterocycles. The van der Waals surface area contributed by atoms with Crippen LogP contribution in [0, 0.1) is 6.92 Å². The number of methoxy groups -OCH3 is 1. The van der Waals surface area contributed by atoms with Crippen molar-refractivity contribution in [2.24, 2.45) is 0 Å². The first-order valence-electron chi connectivity index (χ1n) is 7.24. The van der Waals surface area contributed by atoms with Crippen molar-refractivity contribution < 1.29 is 9.84 Å². The predicted molar refractivity (Wildman–Crippen MR) is 85.6 cm³/mol. The molecule has 0 bridgehead atoms. The van der Waals surface area contributed by atoms with Gasteiger partial charge in [0.05, 0.1) is 13.2 Å². The number of aliphatic hydroxyl groups is 1. The molecule has 1 saturated carbocycles. The molecule has 3 unspecified atom stereocenters. The Kier molecular flexibility index (Phi) is 5.75. The number of benzene rings is 1. The Labute approximate surface area is 126 Å². The van der Waals surface area contributed by atoms with Crippen LogP contribution < -0.4 is 10.1 Å². The molecule has 1 aliphatic rings. The molecule has 112 valence electrons. The number of aryl methyl sites for hydroxylation is 1. The summed E-state index contributed by atoms with van der Waals surface area (Å²) in [6.45, 7) is 2.62. The van der Waals surface area contributed by atoms with Gasteiger partial charge in [0, 0.05) is 23.4 Å². The van der Waals surface area contributed by atoms with Crippen molar-refractivity contribution in [1.82, 2.24) is 5.32 Å². The quantitative estimate of drug-likeness (QED) is 0.847. The van der Waals surface area contributed by atoms with E-state index in [1.165, 1.54) is 19.3 Å². The highest BCUT2D eigenvalue weighted by Gasteiger charge is 2.26. The minimum atomic E-state index is -0.520. The molecule has 1 fully saturated rings. The zero-order chi connectivity index (χ0) is 14.5. The summed E-state index contributed by atoms with van der Waals surface area (Å²) >= 11 is 1.93. The van der Waals surface area contributed by atoms with E-state index in [9.17, 15) is 5.11 Å². The maximum Gasteiger partial charge on any atom is 0.124 e. The third-order valence-corrected chi connectivity index (χ3v) is 5.24. The van der Waals surface area contributed by atoms with Gasteiger partial charge in [-0.15, -0.1) is 0 Å². The van der Waals surface area contributed by atoms with Crippen molar-refractivity contribution in [3.8, 4) is 5.75 Å². The van der Waals surface area contributed by atoms with Crippen molar-refractivity contribution in [1.29, 1.82) is 0 Å². The van der Waals surface area contributed by atoms with E-state index in [4.69, 9.17) is 4.74 Å². The summed E-state index contributed by atoms with van der Waals surface area (Å²) in [6.07, 6.45) is 5.43. The van der Waals surface area contributed by atoms with Crippen molar-refractivity contribution >= 4 is 11.8 Å². The fraction of sp³-hybridized carbons (Fsp3) is 0.625. The Morgan fingerprint density at radius 2 is 2.25 bits per heavy atom. The highest BCUT2D eigenvalue weighted by Crippen LogP contribution is 2.30. The van der Waals surface area contributed by atoms with Crippen LogP contribution >= 0.6 is 11.8 Å². The Bertz CT molecular complexity index is 438. The van der Waals surface area contributed by atoms with E-state index in [1.54, 1.807) is 7.11 Å². The van der Waals surface area contributed by atoms with Crippen LogP contribution in [0.3, 0.4) is 0 Å². The van der Waals surface area contributed by atoms with Crippen molar-refractivity contribution in [2.45, 2.75) is 43.6 Å². The van der Waals surface area contributed by atoms with Gasteiger partial charge < -0.3 is 15.2 Å². The normalized spacial score (nSPS) is 23.8. The van der Waals surface area contributed by atoms with Crippen LogP contribution in [-0.4, -0.2) is 36.3 Å². The smallest absolute Gasteiger partial charge is 0.124 e. The number of hydrogen-bond donors (Lipinski definition) is 2. The summed E-state index contributed by atoms with van der Waals surface area (Å²) < 4.78 is 5.34. The highest BCUT2D eigenvalue weighted by molar-refractivity contribution is 7.99. The molecule has 0 radical (unpaired) electrons. The number of hydrogen-bond acceptors (Lipinski definition) is 4. The average molecular weight is 295 g/mol. The number of aliphatic hydroxyl groups excluding tert-OH is 1. The lowest BCUT2D eigenvalue weighted by Gasteiger charge is -2.22. The Morgan fingerprint density at radius 1 is 1.45 bits per heavy atom. The number of nitrogens with one attached hydrogen (secondary N) is 1. The largest absolute Gasteiger partial charge is 0.496 e. The van der Waals surface area contributed by atoms with Gasteiger partial charge >= 0.3 is 0 Å². The Morgan fingerprint density at radius 3 is 2.95 bits per heavy atom. The molecule has 0 spiro atoms. The molecule has 4 heteroatoms. The van der Waals surface area contributed by atoms with Crippen LogP contribution in [0.4, 0.5) is 0 Å². The van der Waals surface area contributed by atoms with Gasteiger partial charge in [-0.25, -0.2) is 0 Å². The lowest BCUT2D eigenvalue weighted by atomic mass is 10.0. The fourth-order valence-corrected chi connectivity index (χ4v) is 3.89. The minimum absolute atomic E-state index is 0.520. The second kappa shape index (κ2) is 7.34. The van der Waals surface area contributed by atoms with Crippen LogP contribution in [0.5, 0.6) is 5.75 Å². The van der Waals surface area contributed by atoms with Crippen molar-refractivity contribution in [3.05, 3.63) is 29.3 Å². The summed E-state index contributed by atoms with van der Waals surface area (Å²) in [5.74, 6) is 0.762. The summed E-state index contributed by atoms with van der Waals surface area (Å²) in [4.78, 5) is 0. The average Bonchev–Trinajstić information content (AvgIpc) is 2.92. The van der Waals surface area contributed by atoms with E-state index in [-0.39, 0.29) is 0 Å². The molecule has 2 N–H and O–H groups in total. The summed E-state index contributed by atoms with van der Waals surface area (Å²) in [7, 11) is 1.65. The van der Waals surface area contributed by atoms with Crippen LogP contribution in [0.2, 0.25) is 0 Å². The summed E-state index contributed by atoms with van der Waals surface area (Å²) in [6, 6.07) is 6.46. The zero-order valence-electron chi connectivity index (χ0n) is 12.6. The first kappa shape index (κ1) is 15.7. The minimum Gasteiger partial charge on any atom is -0.496 e. The van der Waals surface area contributed by atoms with Gasteiger partial charge in [-0.3, -0.25) is 0 Å². The van der Waals surface area contributed by atoms with Gasteiger partial charge in [0.25, 0.3) is 0 Å². The van der Waals surface area contributed by atoms with E-state index in [0.717, 1.165) is 16.9 Å². The number of thioether (sulfide) groups is 1. The van der Waals surface area contributed by atoms with Crippen LogP contribution in [-0.2, 0) is 0 Å². The standard InChI is InChI=1S/C16H25NO2S/c1-11-7-8-15(19-2)12(9-11)14(18)10-17-13-5-4-6-16(13)20-3/h7-9,13-14,16-18H,4-6,10H2,1-3H3. The van der Waals surface area contributed by atoms with Gasteiger partial charge in [-0.1, -0.05) is 18.1 Å². The molecule has 1 aromatic rings. The lowest BCUT2D eigenvalue weighted by molar-refractivity contribution is 0.166. The zero-order valence-corrected chi connectivity index (χ0v) is 13.4. The number of rotatable bonds is 6. The van der Waals surface area contributed by atoms with Gasteiger partial charge in [-0.2, -0.15) is 11.8 Å². The summed E-state index contributed by atoms with van der Waals surface area (Å²) in [5, 5.41) is 14.6. The molecule has 0 amide bonds. The fourth-order valence-electron chi connectivity index (χ4n) is 2.93. The second-order valence-electron chi connectivity index (χ2n) is 5.48. The molecule has 3 nitrogen and oxygen atoms in total. The van der Waals surface area contributed by atoms with E-state index < -0.39 is 6.10 Å². The van der Waals surface area contributed by atoms with E-state index >= 15 is 0 Å². The lowest BCUT2D eigenvalue weighted by Crippen LogP contribution is -2.36. The maximum absolute atomic E-state index is 10.4. The Hall–Kier alpha value is -0.710. The summed E-state index contributed by atoms with van der Waals surface area (Å²) in [5.41, 5.74) is 2.02. The molecule has 0 aromatic heterocycles. The monoisotopic (exact) mass is 295 g/mol. The molecule has 3 atom stereocenters. The Balaban J connectivity index is 1.97. The SMILES string of the molecule is COc1ccc(C)cc1C(O)CNC1CCCC1SC. The molecular formula is C16H25NO2S. The van der Waals surface area contributed by atoms with E-state index in [2.05, 4.69) is 11.6 Å². The first-order valence-corrected chi connectivity index (χ1v) is 8.53.